The zero-order valence-corrected chi connectivity index (χ0v) is 12.4. The van der Waals surface area contributed by atoms with E-state index in [1.807, 2.05) is 12.1 Å². The second-order valence-electron chi connectivity index (χ2n) is 5.41. The lowest BCUT2D eigenvalue weighted by molar-refractivity contribution is 0.650. The van der Waals surface area contributed by atoms with Crippen LogP contribution in [0.5, 0.6) is 0 Å². The van der Waals surface area contributed by atoms with Crippen LogP contribution >= 0.6 is 0 Å². The van der Waals surface area contributed by atoms with Crippen molar-refractivity contribution in [2.45, 2.75) is 32.7 Å². The summed E-state index contributed by atoms with van der Waals surface area (Å²) in [4.78, 5) is 4.79. The van der Waals surface area contributed by atoms with E-state index < -0.39 is 0 Å². The normalized spacial score (nSPS) is 11.1. The summed E-state index contributed by atoms with van der Waals surface area (Å²) in [5, 5.41) is 0. The van der Waals surface area contributed by atoms with Crippen LogP contribution in [0, 0.1) is 0 Å². The molecule has 2 N–H and O–H groups in total. The molecule has 3 aromatic rings. The minimum Gasteiger partial charge on any atom is -0.399 e. The molecule has 1 heterocycles. The maximum Gasteiger partial charge on any atom is 0.110 e. The molecule has 0 spiro atoms. The summed E-state index contributed by atoms with van der Waals surface area (Å²) >= 11 is 0. The minimum atomic E-state index is 0.776. The molecule has 0 saturated heterocycles. The minimum absolute atomic E-state index is 0.776. The number of benzene rings is 2. The van der Waals surface area contributed by atoms with Crippen LogP contribution < -0.4 is 5.73 Å². The number of hydrogen-bond donors (Lipinski definition) is 1. The summed E-state index contributed by atoms with van der Waals surface area (Å²) in [5.41, 5.74) is 10.2. The third-order valence-corrected chi connectivity index (χ3v) is 3.78. The number of aromatic nitrogens is 2. The third kappa shape index (κ3) is 2.92. The number of imidazole rings is 1. The van der Waals surface area contributed by atoms with Gasteiger partial charge in [-0.25, -0.2) is 4.98 Å². The van der Waals surface area contributed by atoms with E-state index in [1.54, 1.807) is 0 Å². The molecule has 0 atom stereocenters. The Morgan fingerprint density at radius 1 is 1.05 bits per heavy atom. The van der Waals surface area contributed by atoms with Crippen molar-refractivity contribution in [3.8, 4) is 0 Å². The number of anilines is 1. The van der Waals surface area contributed by atoms with Gasteiger partial charge in [0, 0.05) is 18.7 Å². The fourth-order valence-electron chi connectivity index (χ4n) is 2.76. The first-order valence-corrected chi connectivity index (χ1v) is 7.56. The Balaban J connectivity index is 1.91. The topological polar surface area (TPSA) is 43.8 Å². The molecule has 21 heavy (non-hydrogen) atoms. The Labute approximate surface area is 125 Å². The number of nitrogens with two attached hydrogens (primary N) is 1. The molecule has 3 heteroatoms. The summed E-state index contributed by atoms with van der Waals surface area (Å²) in [6.07, 6.45) is 3.08. The van der Waals surface area contributed by atoms with E-state index in [-0.39, 0.29) is 0 Å². The van der Waals surface area contributed by atoms with Crippen molar-refractivity contribution in [2.75, 3.05) is 5.73 Å². The number of aryl methyl sites for hydroxylation is 3. The van der Waals surface area contributed by atoms with Gasteiger partial charge < -0.3 is 10.3 Å². The molecule has 2 aromatic carbocycles. The molecule has 0 radical (unpaired) electrons. The molecule has 1 aromatic heterocycles. The molecule has 0 aliphatic rings. The van der Waals surface area contributed by atoms with Gasteiger partial charge in [0.1, 0.15) is 5.82 Å². The molecular weight excluding hydrogens is 258 g/mol. The van der Waals surface area contributed by atoms with Crippen molar-refractivity contribution in [2.24, 2.45) is 0 Å². The Hall–Kier alpha value is -2.29. The summed E-state index contributed by atoms with van der Waals surface area (Å²) < 4.78 is 2.33. The fraction of sp³-hybridized carbons (Fsp3) is 0.278. The Morgan fingerprint density at radius 2 is 1.86 bits per heavy atom. The van der Waals surface area contributed by atoms with Crippen LogP contribution in [0.4, 0.5) is 5.69 Å². The van der Waals surface area contributed by atoms with E-state index in [1.165, 1.54) is 11.1 Å². The average Bonchev–Trinajstić information content (AvgIpc) is 2.84. The molecule has 0 saturated carbocycles. The van der Waals surface area contributed by atoms with Crippen molar-refractivity contribution >= 4 is 16.7 Å². The van der Waals surface area contributed by atoms with Gasteiger partial charge in [0.05, 0.1) is 11.0 Å². The number of nitrogens with zero attached hydrogens (tertiary/aromatic N) is 2. The SMILES string of the molecule is CCCn1c(CCc2ccccc2)nc2cc(N)ccc21. The highest BCUT2D eigenvalue weighted by molar-refractivity contribution is 5.79. The van der Waals surface area contributed by atoms with Gasteiger partial charge in [0.15, 0.2) is 0 Å². The Kier molecular flexibility index (Phi) is 3.91. The quantitative estimate of drug-likeness (QED) is 0.722. The Morgan fingerprint density at radius 3 is 2.62 bits per heavy atom. The first-order valence-electron chi connectivity index (χ1n) is 7.56. The van der Waals surface area contributed by atoms with Crippen molar-refractivity contribution in [3.05, 3.63) is 59.9 Å². The summed E-state index contributed by atoms with van der Waals surface area (Å²) in [7, 11) is 0. The second kappa shape index (κ2) is 6.00. The number of hydrogen-bond acceptors (Lipinski definition) is 2. The number of fused-ring (bicyclic) bond motifs is 1. The monoisotopic (exact) mass is 279 g/mol. The predicted molar refractivity (Wildman–Crippen MR) is 88.3 cm³/mol. The molecule has 0 aliphatic heterocycles. The molecule has 0 aliphatic carbocycles. The lowest BCUT2D eigenvalue weighted by Crippen LogP contribution is -2.05. The highest BCUT2D eigenvalue weighted by Crippen LogP contribution is 2.20. The third-order valence-electron chi connectivity index (χ3n) is 3.78. The first kappa shape index (κ1) is 13.7. The van der Waals surface area contributed by atoms with Gasteiger partial charge in [-0.05, 0) is 36.6 Å². The van der Waals surface area contributed by atoms with Crippen molar-refractivity contribution < 1.29 is 0 Å². The van der Waals surface area contributed by atoms with Gasteiger partial charge in [0.25, 0.3) is 0 Å². The van der Waals surface area contributed by atoms with Crippen LogP contribution in [-0.4, -0.2) is 9.55 Å². The first-order chi connectivity index (χ1) is 10.3. The summed E-state index contributed by atoms with van der Waals surface area (Å²) in [6.45, 7) is 3.20. The molecule has 0 unspecified atom stereocenters. The van der Waals surface area contributed by atoms with E-state index >= 15 is 0 Å². The van der Waals surface area contributed by atoms with Crippen LogP contribution in [0.15, 0.2) is 48.5 Å². The highest BCUT2D eigenvalue weighted by atomic mass is 15.1. The lowest BCUT2D eigenvalue weighted by Gasteiger charge is -2.08. The zero-order chi connectivity index (χ0) is 14.7. The highest BCUT2D eigenvalue weighted by Gasteiger charge is 2.10. The second-order valence-corrected chi connectivity index (χ2v) is 5.41. The zero-order valence-electron chi connectivity index (χ0n) is 12.4. The lowest BCUT2D eigenvalue weighted by atomic mass is 10.1. The summed E-state index contributed by atoms with van der Waals surface area (Å²) in [5.74, 6) is 1.15. The van der Waals surface area contributed by atoms with Crippen molar-refractivity contribution in [3.63, 3.8) is 0 Å². The van der Waals surface area contributed by atoms with Crippen LogP contribution in [-0.2, 0) is 19.4 Å². The van der Waals surface area contributed by atoms with E-state index in [0.29, 0.717) is 0 Å². The number of rotatable bonds is 5. The molecule has 0 amide bonds. The van der Waals surface area contributed by atoms with Crippen molar-refractivity contribution in [1.82, 2.24) is 9.55 Å². The smallest absolute Gasteiger partial charge is 0.110 e. The van der Waals surface area contributed by atoms with Gasteiger partial charge in [-0.1, -0.05) is 37.3 Å². The van der Waals surface area contributed by atoms with Crippen LogP contribution in [0.25, 0.3) is 11.0 Å². The molecule has 3 nitrogen and oxygen atoms in total. The molecule has 108 valence electrons. The van der Waals surface area contributed by atoms with Gasteiger partial charge in [0.2, 0.25) is 0 Å². The van der Waals surface area contributed by atoms with Gasteiger partial charge in [-0.15, -0.1) is 0 Å². The number of nitrogen functional groups attached to an aromatic ring is 1. The Bertz CT molecular complexity index is 729. The maximum atomic E-state index is 5.87. The van der Waals surface area contributed by atoms with E-state index in [4.69, 9.17) is 10.7 Å². The average molecular weight is 279 g/mol. The standard InChI is InChI=1S/C18H21N3/c1-2-12-21-17-10-9-15(19)13-16(17)20-18(21)11-8-14-6-4-3-5-7-14/h3-7,9-10,13H,2,8,11-12,19H2,1H3. The largest absolute Gasteiger partial charge is 0.399 e. The van der Waals surface area contributed by atoms with Gasteiger partial charge in [-0.2, -0.15) is 0 Å². The molecule has 3 rings (SSSR count). The van der Waals surface area contributed by atoms with Crippen molar-refractivity contribution in [1.29, 1.82) is 0 Å². The van der Waals surface area contributed by atoms with Crippen LogP contribution in [0.3, 0.4) is 0 Å². The van der Waals surface area contributed by atoms with Gasteiger partial charge >= 0.3 is 0 Å². The maximum absolute atomic E-state index is 5.87. The molecule has 0 fully saturated rings. The fourth-order valence-corrected chi connectivity index (χ4v) is 2.76. The van der Waals surface area contributed by atoms with Crippen LogP contribution in [0.2, 0.25) is 0 Å². The van der Waals surface area contributed by atoms with Gasteiger partial charge in [-0.3, -0.25) is 0 Å². The van der Waals surface area contributed by atoms with Crippen LogP contribution in [0.1, 0.15) is 24.7 Å². The molecular formula is C18H21N3. The summed E-state index contributed by atoms with van der Waals surface area (Å²) in [6, 6.07) is 16.6. The molecule has 0 bridgehead atoms. The van der Waals surface area contributed by atoms with E-state index in [0.717, 1.165) is 42.8 Å². The van der Waals surface area contributed by atoms with E-state index in [9.17, 15) is 0 Å². The predicted octanol–water partition coefficient (Wildman–Crippen LogP) is 3.81. The van der Waals surface area contributed by atoms with E-state index in [2.05, 4.69) is 47.9 Å².